The Morgan fingerprint density at radius 2 is 1.76 bits per heavy atom. The Morgan fingerprint density at radius 1 is 1.03 bits per heavy atom. The highest BCUT2D eigenvalue weighted by atomic mass is 79.9. The lowest BCUT2D eigenvalue weighted by atomic mass is 10.2. The van der Waals surface area contributed by atoms with E-state index in [0.717, 1.165) is 11.1 Å². The summed E-state index contributed by atoms with van der Waals surface area (Å²) in [5.41, 5.74) is 1.87. The van der Waals surface area contributed by atoms with Gasteiger partial charge in [-0.1, -0.05) is 76.3 Å². The van der Waals surface area contributed by atoms with Crippen molar-refractivity contribution >= 4 is 38.4 Å². The third kappa shape index (κ3) is 3.77. The Bertz CT molecular complexity index is 1230. The lowest BCUT2D eigenvalue weighted by molar-refractivity contribution is -0.268. The van der Waals surface area contributed by atoms with Gasteiger partial charge in [0, 0.05) is 15.4 Å². The molecule has 0 radical (unpaired) electrons. The fourth-order valence-electron chi connectivity index (χ4n) is 3.11. The number of nitrogens with zero attached hydrogens (tertiary/aromatic N) is 3. The van der Waals surface area contributed by atoms with Crippen molar-refractivity contribution in [2.75, 3.05) is 0 Å². The van der Waals surface area contributed by atoms with Gasteiger partial charge in [-0.15, -0.1) is 10.2 Å². The van der Waals surface area contributed by atoms with Crippen LogP contribution in [-0.2, 0) is 6.54 Å². The molecule has 0 saturated heterocycles. The van der Waals surface area contributed by atoms with E-state index in [1.54, 1.807) is 16.7 Å². The summed E-state index contributed by atoms with van der Waals surface area (Å²) in [7, 11) is 0. The minimum Gasteiger partial charge on any atom is -0.872 e. The van der Waals surface area contributed by atoms with Crippen LogP contribution in [0.1, 0.15) is 15.9 Å². The molecule has 0 aliphatic heterocycles. The Labute approximate surface area is 174 Å². The Morgan fingerprint density at radius 3 is 2.55 bits per heavy atom. The summed E-state index contributed by atoms with van der Waals surface area (Å²) in [5.74, 6) is -1.30. The second kappa shape index (κ2) is 7.89. The number of halogens is 1. The molecule has 0 fully saturated rings. The van der Waals surface area contributed by atoms with Crippen LogP contribution < -0.4 is 5.11 Å². The van der Waals surface area contributed by atoms with Crippen molar-refractivity contribution < 1.29 is 15.0 Å². The number of carbonyl (C=O) groups excluding carboxylic acids is 1. The van der Waals surface area contributed by atoms with Gasteiger partial charge >= 0.3 is 0 Å². The van der Waals surface area contributed by atoms with E-state index in [-0.39, 0.29) is 17.1 Å². The highest BCUT2D eigenvalue weighted by Gasteiger charge is 2.17. The molecule has 0 aliphatic carbocycles. The summed E-state index contributed by atoms with van der Waals surface area (Å²) in [6.45, 7) is 0.437. The highest BCUT2D eigenvalue weighted by molar-refractivity contribution is 9.10. The largest absolute Gasteiger partial charge is 0.872 e. The van der Waals surface area contributed by atoms with Crippen LogP contribution in [0.15, 0.2) is 87.5 Å². The predicted molar refractivity (Wildman–Crippen MR) is 112 cm³/mol. The molecule has 1 amide bonds. The zero-order valence-electron chi connectivity index (χ0n) is 15.1. The summed E-state index contributed by atoms with van der Waals surface area (Å²) < 4.78 is 2.31. The van der Waals surface area contributed by atoms with Gasteiger partial charge in [-0.05, 0) is 23.8 Å². The van der Waals surface area contributed by atoms with E-state index < -0.39 is 11.7 Å². The van der Waals surface area contributed by atoms with E-state index in [2.05, 4.69) is 26.2 Å². The number of benzene rings is 3. The molecule has 0 saturated carbocycles. The van der Waals surface area contributed by atoms with Crippen molar-refractivity contribution in [1.82, 2.24) is 4.57 Å². The van der Waals surface area contributed by atoms with E-state index in [1.807, 2.05) is 48.5 Å². The fraction of sp³-hybridized carbons (Fsp3) is 0.0455. The minimum atomic E-state index is -0.768. The Kier molecular flexibility index (Phi) is 5.14. The average molecular weight is 449 g/mol. The van der Waals surface area contributed by atoms with Crippen LogP contribution in [0.4, 0.5) is 5.69 Å². The van der Waals surface area contributed by atoms with E-state index in [9.17, 15) is 15.0 Å². The lowest BCUT2D eigenvalue weighted by Crippen LogP contribution is -2.02. The molecule has 1 heterocycles. The van der Waals surface area contributed by atoms with Gasteiger partial charge in [0.2, 0.25) is 5.88 Å². The van der Waals surface area contributed by atoms with Gasteiger partial charge < -0.3 is 14.8 Å². The van der Waals surface area contributed by atoms with Gasteiger partial charge in [0.15, 0.2) is 5.69 Å². The maximum atomic E-state index is 12.4. The summed E-state index contributed by atoms with van der Waals surface area (Å²) in [5, 5.41) is 31.0. The maximum Gasteiger partial charge on any atom is 0.294 e. The average Bonchev–Trinajstić information content (AvgIpc) is 3.00. The molecule has 0 atom stereocenters. The first kappa shape index (κ1) is 18.9. The van der Waals surface area contributed by atoms with E-state index in [0.29, 0.717) is 16.4 Å². The molecule has 0 spiro atoms. The third-order valence-corrected chi connectivity index (χ3v) is 5.01. The van der Waals surface area contributed by atoms with Crippen molar-refractivity contribution in [2.45, 2.75) is 6.54 Å². The monoisotopic (exact) mass is 448 g/mol. The molecule has 0 aliphatic rings. The van der Waals surface area contributed by atoms with Crippen LogP contribution in [0.3, 0.4) is 0 Å². The van der Waals surface area contributed by atoms with E-state index >= 15 is 0 Å². The van der Waals surface area contributed by atoms with Crippen molar-refractivity contribution in [1.29, 1.82) is 0 Å². The molecule has 7 heteroatoms. The molecule has 1 N–H and O–H groups in total. The van der Waals surface area contributed by atoms with Crippen LogP contribution in [0.5, 0.6) is 11.6 Å². The first-order valence-corrected chi connectivity index (χ1v) is 9.60. The lowest BCUT2D eigenvalue weighted by Gasteiger charge is -2.09. The molecule has 0 unspecified atom stereocenters. The number of fused-ring (bicyclic) bond motifs is 1. The van der Waals surface area contributed by atoms with Crippen LogP contribution in [0.25, 0.3) is 10.9 Å². The van der Waals surface area contributed by atoms with Crippen molar-refractivity contribution in [3.05, 3.63) is 88.4 Å². The molecule has 4 rings (SSSR count). The third-order valence-electron chi connectivity index (χ3n) is 4.51. The van der Waals surface area contributed by atoms with Crippen LogP contribution in [-0.4, -0.2) is 15.6 Å². The quantitative estimate of drug-likeness (QED) is 0.437. The fourth-order valence-corrected chi connectivity index (χ4v) is 3.48. The number of aromatic hydroxyl groups is 1. The summed E-state index contributed by atoms with van der Waals surface area (Å²) in [6, 6.07) is 21.3. The van der Waals surface area contributed by atoms with Gasteiger partial charge in [0.05, 0.1) is 12.1 Å². The molecular formula is C22H15BrN3O3-. The molecular weight excluding hydrogens is 434 g/mol. The van der Waals surface area contributed by atoms with Gasteiger partial charge in [-0.3, -0.25) is 4.79 Å². The normalized spacial score (nSPS) is 11.3. The van der Waals surface area contributed by atoms with Crippen LogP contribution >= 0.6 is 15.9 Å². The molecule has 0 bridgehead atoms. The highest BCUT2D eigenvalue weighted by Crippen LogP contribution is 2.39. The molecule has 4 aromatic rings. The number of amides is 1. The zero-order valence-corrected chi connectivity index (χ0v) is 16.7. The number of para-hydroxylation sites is 1. The molecule has 3 aromatic carbocycles. The number of hydrogen-bond acceptors (Lipinski definition) is 4. The van der Waals surface area contributed by atoms with Crippen LogP contribution in [0, 0.1) is 0 Å². The Hall–Kier alpha value is -3.45. The van der Waals surface area contributed by atoms with E-state index in [1.165, 1.54) is 12.1 Å². The molecule has 1 aromatic heterocycles. The van der Waals surface area contributed by atoms with Crippen molar-refractivity contribution in [2.24, 2.45) is 10.2 Å². The first-order valence-electron chi connectivity index (χ1n) is 8.81. The number of azo groups is 1. The second-order valence-electron chi connectivity index (χ2n) is 6.41. The number of carbonyl (C=O) groups is 1. The summed E-state index contributed by atoms with van der Waals surface area (Å²) in [6.07, 6.45) is 0. The molecule has 6 nitrogen and oxygen atoms in total. The van der Waals surface area contributed by atoms with Gasteiger partial charge in [0.25, 0.3) is 5.91 Å². The molecule has 144 valence electrons. The van der Waals surface area contributed by atoms with Crippen molar-refractivity contribution in [3.8, 4) is 11.6 Å². The number of aromatic nitrogens is 1. The first-order chi connectivity index (χ1) is 14.0. The SMILES string of the molecule is O=C(N=Nc1c(O)n(Cc2ccccc2)c2ccccc12)c1cc(Br)ccc1[O-]. The summed E-state index contributed by atoms with van der Waals surface area (Å²) in [4.78, 5) is 12.4. The summed E-state index contributed by atoms with van der Waals surface area (Å²) >= 11 is 3.23. The topological polar surface area (TPSA) is 90.0 Å². The number of rotatable bonds is 4. The smallest absolute Gasteiger partial charge is 0.294 e. The van der Waals surface area contributed by atoms with Gasteiger partial charge in [0.1, 0.15) is 0 Å². The minimum absolute atomic E-state index is 0.0874. The van der Waals surface area contributed by atoms with Crippen LogP contribution in [0.2, 0.25) is 0 Å². The predicted octanol–water partition coefficient (Wildman–Crippen LogP) is 5.16. The standard InChI is InChI=1S/C22H16BrN3O3/c23-15-10-11-19(27)17(12-15)21(28)25-24-20-16-8-4-5-9-18(16)26(22(20)29)13-14-6-2-1-3-7-14/h1-12,27,29H,13H2/p-1. The van der Waals surface area contributed by atoms with Gasteiger partial charge in [-0.2, -0.15) is 0 Å². The maximum absolute atomic E-state index is 12.4. The second-order valence-corrected chi connectivity index (χ2v) is 7.32. The van der Waals surface area contributed by atoms with E-state index in [4.69, 9.17) is 0 Å². The number of hydrogen-bond donors (Lipinski definition) is 1. The zero-order chi connectivity index (χ0) is 20.4. The Balaban J connectivity index is 1.74. The van der Waals surface area contributed by atoms with Crippen molar-refractivity contribution in [3.63, 3.8) is 0 Å². The van der Waals surface area contributed by atoms with Gasteiger partial charge in [-0.25, -0.2) is 0 Å². The molecule has 29 heavy (non-hydrogen) atoms.